The van der Waals surface area contributed by atoms with Gasteiger partial charge in [-0.1, -0.05) is 5.16 Å². The number of aromatic nitrogens is 4. The molecule has 6 rings (SSSR count). The normalized spacial score (nSPS) is 21.7. The molecule has 3 heterocycles. The Labute approximate surface area is 252 Å². The Bertz CT molecular complexity index is 1550. The van der Waals surface area contributed by atoms with Gasteiger partial charge in [0.15, 0.2) is 5.69 Å². The van der Waals surface area contributed by atoms with E-state index in [-0.39, 0.29) is 61.3 Å². The molecule has 3 fully saturated rings. The van der Waals surface area contributed by atoms with E-state index in [1.807, 2.05) is 0 Å². The average molecular weight is 645 g/mol. The van der Waals surface area contributed by atoms with E-state index in [4.69, 9.17) is 0 Å². The summed E-state index contributed by atoms with van der Waals surface area (Å²) in [7, 11) is 0. The number of hydrogen-bond acceptors (Lipinski definition) is 6. The van der Waals surface area contributed by atoms with Crippen LogP contribution in [0.3, 0.4) is 0 Å². The van der Waals surface area contributed by atoms with Crippen LogP contribution in [0.1, 0.15) is 97.3 Å². The van der Waals surface area contributed by atoms with Gasteiger partial charge in [0, 0.05) is 50.1 Å². The Hall–Kier alpha value is -3.72. The van der Waals surface area contributed by atoms with Crippen LogP contribution in [0.5, 0.6) is 0 Å². The molecule has 2 amide bonds. The number of nitrogens with zero attached hydrogens (tertiary/aromatic N) is 4. The molecule has 3 aromatic rings. The number of fused-ring (bicyclic) bond motifs is 1. The highest BCUT2D eigenvalue weighted by Gasteiger charge is 2.46. The Morgan fingerprint density at radius 2 is 1.60 bits per heavy atom. The van der Waals surface area contributed by atoms with E-state index in [0.29, 0.717) is 5.69 Å². The maximum absolute atomic E-state index is 14.0. The van der Waals surface area contributed by atoms with Gasteiger partial charge in [0.05, 0.1) is 29.9 Å². The molecular weight excluding hydrogens is 613 g/mol. The van der Waals surface area contributed by atoms with Gasteiger partial charge in [0.25, 0.3) is 5.91 Å². The third-order valence-corrected chi connectivity index (χ3v) is 8.83. The van der Waals surface area contributed by atoms with Gasteiger partial charge in [-0.2, -0.15) is 13.2 Å². The van der Waals surface area contributed by atoms with E-state index in [1.165, 1.54) is 0 Å². The van der Waals surface area contributed by atoms with Crippen molar-refractivity contribution in [2.24, 2.45) is 17.8 Å². The largest absolute Gasteiger partial charge is 0.393 e. The van der Waals surface area contributed by atoms with Crippen molar-refractivity contribution in [2.45, 2.75) is 94.3 Å². The van der Waals surface area contributed by atoms with E-state index >= 15 is 0 Å². The molecule has 16 heteroatoms. The van der Waals surface area contributed by atoms with Crippen LogP contribution in [0.2, 0.25) is 0 Å². The fourth-order valence-corrected chi connectivity index (χ4v) is 6.34. The van der Waals surface area contributed by atoms with E-state index < -0.39 is 72.4 Å². The Balaban J connectivity index is 1.23. The monoisotopic (exact) mass is 644 g/mol. The number of alkyl halides is 7. The van der Waals surface area contributed by atoms with Gasteiger partial charge >= 0.3 is 6.18 Å². The number of nitrogens with one attached hydrogen (secondary N) is 2. The minimum Gasteiger partial charge on any atom is -0.364 e. The molecule has 3 saturated carbocycles. The summed E-state index contributed by atoms with van der Waals surface area (Å²) in [6, 6.07) is 0.277. The molecule has 0 saturated heterocycles. The van der Waals surface area contributed by atoms with Crippen LogP contribution in [-0.2, 0) is 11.2 Å². The number of amides is 2. The van der Waals surface area contributed by atoms with Crippen molar-refractivity contribution in [1.29, 1.82) is 0 Å². The Morgan fingerprint density at radius 1 is 0.956 bits per heavy atom. The maximum Gasteiger partial charge on any atom is 0.393 e. The molecule has 0 aromatic carbocycles. The summed E-state index contributed by atoms with van der Waals surface area (Å²) in [6.07, 6.45) is -1.85. The average Bonchev–Trinajstić information content (AvgIpc) is 3.52. The first-order chi connectivity index (χ1) is 21.1. The summed E-state index contributed by atoms with van der Waals surface area (Å²) < 4.78 is 99.8. The SMILES string of the molecule is O=C(CC1CC(F)(F)C1)NC(c1ccn2cc(C(NC(=O)c3nocc3CC(F)(F)F)C3CCC(F)(F)CC3)nc2n1)C1CC1. The molecule has 0 aliphatic heterocycles. The lowest BCUT2D eigenvalue weighted by atomic mass is 9.79. The predicted molar refractivity (Wildman–Crippen MR) is 142 cm³/mol. The smallest absolute Gasteiger partial charge is 0.364 e. The van der Waals surface area contributed by atoms with Gasteiger partial charge in [-0.3, -0.25) is 14.0 Å². The zero-order valence-corrected chi connectivity index (χ0v) is 23.9. The topological polar surface area (TPSA) is 114 Å². The van der Waals surface area contributed by atoms with Crippen LogP contribution >= 0.6 is 0 Å². The van der Waals surface area contributed by atoms with E-state index in [9.17, 15) is 40.3 Å². The third-order valence-electron chi connectivity index (χ3n) is 8.83. The van der Waals surface area contributed by atoms with Gasteiger partial charge in [0.2, 0.25) is 23.5 Å². The van der Waals surface area contributed by atoms with Crippen LogP contribution in [0.25, 0.3) is 5.78 Å². The summed E-state index contributed by atoms with van der Waals surface area (Å²) in [6.45, 7) is 0. The summed E-state index contributed by atoms with van der Waals surface area (Å²) in [5, 5.41) is 9.04. The van der Waals surface area contributed by atoms with Crippen LogP contribution < -0.4 is 10.6 Å². The molecule has 0 bridgehead atoms. The number of hydrogen-bond donors (Lipinski definition) is 2. The quantitative estimate of drug-likeness (QED) is 0.257. The van der Waals surface area contributed by atoms with Crippen LogP contribution in [0, 0.1) is 17.8 Å². The highest BCUT2D eigenvalue weighted by atomic mass is 19.4. The number of halogens is 7. The molecule has 45 heavy (non-hydrogen) atoms. The summed E-state index contributed by atoms with van der Waals surface area (Å²) in [4.78, 5) is 35.0. The second-order valence-electron chi connectivity index (χ2n) is 12.6. The standard InChI is InChI=1S/C29H31F7N6O3/c30-27(31)6-3-17(4-7-27)23(40-25(44)24-18(14-45-41-24)12-29(34,35)36)20-13-42-8-5-19(37-26(42)38-20)22(16-1-2-16)39-21(43)9-15-10-28(32,33)11-15/h5,8,13-17,22-23H,1-4,6-7,9-12H2,(H,39,43)(H,40,44). The molecular formula is C29H31F7N6O3. The molecule has 2 atom stereocenters. The number of rotatable bonds is 10. The lowest BCUT2D eigenvalue weighted by Gasteiger charge is -2.34. The van der Waals surface area contributed by atoms with Gasteiger partial charge in [0.1, 0.15) is 6.26 Å². The Morgan fingerprint density at radius 3 is 2.24 bits per heavy atom. The van der Waals surface area contributed by atoms with Gasteiger partial charge in [-0.05, 0) is 49.5 Å². The summed E-state index contributed by atoms with van der Waals surface area (Å²) in [5.74, 6) is -7.46. The van der Waals surface area contributed by atoms with Crippen molar-refractivity contribution < 1.29 is 44.8 Å². The van der Waals surface area contributed by atoms with Gasteiger partial charge < -0.3 is 15.2 Å². The lowest BCUT2D eigenvalue weighted by Crippen LogP contribution is -2.39. The van der Waals surface area contributed by atoms with Crippen LogP contribution in [-0.4, -0.2) is 49.4 Å². The third kappa shape index (κ3) is 7.40. The van der Waals surface area contributed by atoms with E-state index in [1.54, 1.807) is 22.9 Å². The molecule has 3 aromatic heterocycles. The van der Waals surface area contributed by atoms with Crippen LogP contribution in [0.15, 0.2) is 29.2 Å². The Kier molecular flexibility index (Phi) is 8.04. The van der Waals surface area contributed by atoms with Crippen molar-refractivity contribution in [2.75, 3.05) is 0 Å². The molecule has 0 radical (unpaired) electrons. The fraction of sp³-hybridized carbons (Fsp3) is 0.621. The molecule has 3 aliphatic carbocycles. The highest BCUT2D eigenvalue weighted by Crippen LogP contribution is 2.45. The summed E-state index contributed by atoms with van der Waals surface area (Å²) in [5.41, 5.74) is -0.251. The molecule has 2 unspecified atom stereocenters. The summed E-state index contributed by atoms with van der Waals surface area (Å²) >= 11 is 0. The first-order valence-corrected chi connectivity index (χ1v) is 14.9. The maximum atomic E-state index is 14.0. The fourth-order valence-electron chi connectivity index (χ4n) is 6.34. The lowest BCUT2D eigenvalue weighted by molar-refractivity contribution is -0.134. The molecule has 0 spiro atoms. The predicted octanol–water partition coefficient (Wildman–Crippen LogP) is 6.12. The highest BCUT2D eigenvalue weighted by molar-refractivity contribution is 5.93. The number of imidazole rings is 1. The van der Waals surface area contributed by atoms with Gasteiger partial charge in [-0.15, -0.1) is 0 Å². The second-order valence-corrected chi connectivity index (χ2v) is 12.6. The van der Waals surface area contributed by atoms with Crippen molar-refractivity contribution in [3.8, 4) is 0 Å². The number of carbonyl (C=O) groups excluding carboxylic acids is 2. The van der Waals surface area contributed by atoms with Gasteiger partial charge in [-0.25, -0.2) is 27.5 Å². The molecule has 3 aliphatic rings. The zero-order chi connectivity index (χ0) is 32.1. The first kappa shape index (κ1) is 31.3. The van der Waals surface area contributed by atoms with Crippen molar-refractivity contribution >= 4 is 17.6 Å². The van der Waals surface area contributed by atoms with Crippen molar-refractivity contribution in [1.82, 2.24) is 30.2 Å². The second kappa shape index (κ2) is 11.6. The molecule has 9 nitrogen and oxygen atoms in total. The number of carbonyl (C=O) groups is 2. The molecule has 244 valence electrons. The minimum atomic E-state index is -4.62. The minimum absolute atomic E-state index is 0.00734. The first-order valence-electron chi connectivity index (χ1n) is 14.9. The van der Waals surface area contributed by atoms with Crippen molar-refractivity contribution in [3.05, 3.63) is 47.4 Å². The van der Waals surface area contributed by atoms with E-state index in [0.717, 1.165) is 19.1 Å². The van der Waals surface area contributed by atoms with E-state index in [2.05, 4.69) is 30.3 Å². The molecule has 2 N–H and O–H groups in total. The van der Waals surface area contributed by atoms with Crippen LogP contribution in [0.4, 0.5) is 30.7 Å². The zero-order valence-electron chi connectivity index (χ0n) is 23.9. The van der Waals surface area contributed by atoms with Crippen molar-refractivity contribution in [3.63, 3.8) is 0 Å².